The Balaban J connectivity index is 1.40. The summed E-state index contributed by atoms with van der Waals surface area (Å²) in [4.78, 5) is 20.6. The fourth-order valence-electron chi connectivity index (χ4n) is 3.91. The Morgan fingerprint density at radius 3 is 3.04 bits per heavy atom. The number of aromatic nitrogens is 2. The molecule has 3 aromatic rings. The molecular formula is C21H26N4O2S. The van der Waals surface area contributed by atoms with Crippen LogP contribution in [-0.4, -0.2) is 33.5 Å². The fourth-order valence-corrected chi connectivity index (χ4v) is 4.77. The first kappa shape index (κ1) is 19.1. The molecule has 1 atom stereocenters. The van der Waals surface area contributed by atoms with E-state index in [4.69, 9.17) is 4.52 Å². The van der Waals surface area contributed by atoms with E-state index in [2.05, 4.69) is 33.3 Å². The van der Waals surface area contributed by atoms with Gasteiger partial charge in [-0.3, -0.25) is 9.69 Å². The highest BCUT2D eigenvalue weighted by Crippen LogP contribution is 2.26. The summed E-state index contributed by atoms with van der Waals surface area (Å²) in [6.07, 6.45) is 5.88. The number of benzene rings is 1. The van der Waals surface area contributed by atoms with Crippen molar-refractivity contribution in [2.45, 2.75) is 59.0 Å². The second-order valence-corrected chi connectivity index (χ2v) is 8.87. The number of hydrogen-bond acceptors (Lipinski definition) is 6. The number of fused-ring (bicyclic) bond motifs is 1. The molecule has 1 unspecified atom stereocenters. The average molecular weight is 399 g/mol. The maximum atomic E-state index is 12.5. The smallest absolute Gasteiger partial charge is 0.232 e. The van der Waals surface area contributed by atoms with E-state index in [0.717, 1.165) is 35.2 Å². The molecule has 6 nitrogen and oxygen atoms in total. The lowest BCUT2D eigenvalue weighted by Gasteiger charge is -2.32. The first-order chi connectivity index (χ1) is 13.5. The third-order valence-corrected chi connectivity index (χ3v) is 6.30. The predicted octanol–water partition coefficient (Wildman–Crippen LogP) is 4.46. The molecule has 148 valence electrons. The minimum absolute atomic E-state index is 0.124. The summed E-state index contributed by atoms with van der Waals surface area (Å²) in [5, 5.41) is 8.57. The minimum Gasteiger partial charge on any atom is -0.356 e. The second kappa shape index (κ2) is 8.01. The van der Waals surface area contributed by atoms with Crippen LogP contribution in [0.15, 0.2) is 22.9 Å². The lowest BCUT2D eigenvalue weighted by molar-refractivity contribution is -0.115. The maximum absolute atomic E-state index is 12.5. The molecule has 0 saturated carbocycles. The van der Waals surface area contributed by atoms with Crippen molar-refractivity contribution in [3.8, 4) is 0 Å². The molecule has 4 rings (SSSR count). The third-order valence-electron chi connectivity index (χ3n) is 5.40. The van der Waals surface area contributed by atoms with Gasteiger partial charge in [0.1, 0.15) is 5.69 Å². The Bertz CT molecular complexity index is 994. The number of carbonyl (C=O) groups excluding carboxylic acids is 1. The van der Waals surface area contributed by atoms with Gasteiger partial charge in [-0.25, -0.2) is 4.98 Å². The van der Waals surface area contributed by atoms with Crippen LogP contribution in [-0.2, 0) is 17.8 Å². The van der Waals surface area contributed by atoms with Gasteiger partial charge < -0.3 is 9.84 Å². The van der Waals surface area contributed by atoms with Crippen molar-refractivity contribution in [3.05, 3.63) is 40.0 Å². The van der Waals surface area contributed by atoms with E-state index in [1.54, 1.807) is 11.3 Å². The summed E-state index contributed by atoms with van der Waals surface area (Å²) in [5.41, 5.74) is 3.58. The van der Waals surface area contributed by atoms with Crippen LogP contribution >= 0.6 is 11.3 Å². The van der Waals surface area contributed by atoms with Gasteiger partial charge in [0, 0.05) is 29.0 Å². The van der Waals surface area contributed by atoms with Crippen LogP contribution < -0.4 is 5.32 Å². The first-order valence-electron chi connectivity index (χ1n) is 9.83. The monoisotopic (exact) mass is 398 g/mol. The molecule has 0 bridgehead atoms. The summed E-state index contributed by atoms with van der Waals surface area (Å²) >= 11 is 1.55. The Labute approximate surface area is 168 Å². The van der Waals surface area contributed by atoms with Crippen LogP contribution in [0.5, 0.6) is 0 Å². The molecule has 1 aliphatic heterocycles. The average Bonchev–Trinajstić information content (AvgIpc) is 3.24. The van der Waals surface area contributed by atoms with E-state index in [9.17, 15) is 4.79 Å². The standard InChI is InChI=1S/C21H26N4O2S/c1-13-8-14(2)20-17(9-13)18(24-27-20)10-19(26)23-21-22-11-16(28-21)12-25-7-5-4-6-15(25)3/h8-9,11,15H,4-7,10,12H2,1-3H3,(H,22,23,26). The highest BCUT2D eigenvalue weighted by molar-refractivity contribution is 7.15. The van der Waals surface area contributed by atoms with Crippen LogP contribution in [0.1, 0.15) is 47.9 Å². The number of aryl methyl sites for hydroxylation is 2. The Hall–Kier alpha value is -2.25. The molecule has 1 amide bonds. The number of hydrogen-bond donors (Lipinski definition) is 1. The zero-order valence-corrected chi connectivity index (χ0v) is 17.4. The second-order valence-electron chi connectivity index (χ2n) is 7.76. The number of rotatable bonds is 5. The molecule has 1 aliphatic rings. The molecule has 0 radical (unpaired) electrons. The van der Waals surface area contributed by atoms with Crippen molar-refractivity contribution in [2.24, 2.45) is 0 Å². The highest BCUT2D eigenvalue weighted by Gasteiger charge is 2.20. The zero-order valence-electron chi connectivity index (χ0n) is 16.6. The number of likely N-dealkylation sites (tertiary alicyclic amines) is 1. The summed E-state index contributed by atoms with van der Waals surface area (Å²) < 4.78 is 5.44. The molecule has 1 saturated heterocycles. The van der Waals surface area contributed by atoms with Crippen LogP contribution in [0.3, 0.4) is 0 Å². The van der Waals surface area contributed by atoms with E-state index in [1.165, 1.54) is 24.1 Å². The summed E-state index contributed by atoms with van der Waals surface area (Å²) in [5.74, 6) is -0.124. The van der Waals surface area contributed by atoms with Gasteiger partial charge >= 0.3 is 0 Å². The first-order valence-corrected chi connectivity index (χ1v) is 10.7. The van der Waals surface area contributed by atoms with Crippen LogP contribution in [0, 0.1) is 13.8 Å². The number of thiazole rings is 1. The third kappa shape index (κ3) is 4.10. The van der Waals surface area contributed by atoms with Gasteiger partial charge in [0.05, 0.1) is 6.42 Å². The van der Waals surface area contributed by atoms with Crippen LogP contribution in [0.25, 0.3) is 11.0 Å². The number of carbonyl (C=O) groups is 1. The normalized spacial score (nSPS) is 17.9. The highest BCUT2D eigenvalue weighted by atomic mass is 32.1. The van der Waals surface area contributed by atoms with Gasteiger partial charge in [0.25, 0.3) is 0 Å². The van der Waals surface area contributed by atoms with Crippen molar-refractivity contribution >= 4 is 33.3 Å². The van der Waals surface area contributed by atoms with E-state index in [0.29, 0.717) is 16.9 Å². The zero-order chi connectivity index (χ0) is 19.7. The van der Waals surface area contributed by atoms with Gasteiger partial charge in [-0.15, -0.1) is 11.3 Å². The van der Waals surface area contributed by atoms with E-state index >= 15 is 0 Å². The number of nitrogens with one attached hydrogen (secondary N) is 1. The Morgan fingerprint density at radius 2 is 2.21 bits per heavy atom. The Kier molecular flexibility index (Phi) is 5.46. The number of anilines is 1. The lowest BCUT2D eigenvalue weighted by atomic mass is 10.0. The van der Waals surface area contributed by atoms with Crippen molar-refractivity contribution in [2.75, 3.05) is 11.9 Å². The van der Waals surface area contributed by atoms with E-state index in [1.807, 2.05) is 26.1 Å². The fraction of sp³-hybridized carbons (Fsp3) is 0.476. The molecule has 7 heteroatoms. The van der Waals surface area contributed by atoms with Crippen molar-refractivity contribution < 1.29 is 9.32 Å². The van der Waals surface area contributed by atoms with Crippen molar-refractivity contribution in [1.82, 2.24) is 15.0 Å². The van der Waals surface area contributed by atoms with Crippen molar-refractivity contribution in [3.63, 3.8) is 0 Å². The Morgan fingerprint density at radius 1 is 1.36 bits per heavy atom. The molecule has 1 N–H and O–H groups in total. The molecule has 2 aromatic heterocycles. The largest absolute Gasteiger partial charge is 0.356 e. The lowest BCUT2D eigenvalue weighted by Crippen LogP contribution is -2.36. The number of amides is 1. The molecule has 0 aliphatic carbocycles. The van der Waals surface area contributed by atoms with Crippen molar-refractivity contribution in [1.29, 1.82) is 0 Å². The van der Waals surface area contributed by atoms with Gasteiger partial charge in [0.15, 0.2) is 10.7 Å². The quantitative estimate of drug-likeness (QED) is 0.687. The number of piperidine rings is 1. The van der Waals surface area contributed by atoms with E-state index < -0.39 is 0 Å². The van der Waals surface area contributed by atoms with Gasteiger partial charge in [0.2, 0.25) is 5.91 Å². The predicted molar refractivity (Wildman–Crippen MR) is 112 cm³/mol. The number of nitrogens with zero attached hydrogens (tertiary/aromatic N) is 3. The maximum Gasteiger partial charge on any atom is 0.232 e. The molecular weight excluding hydrogens is 372 g/mol. The van der Waals surface area contributed by atoms with Crippen LogP contribution in [0.4, 0.5) is 5.13 Å². The molecule has 1 aromatic carbocycles. The van der Waals surface area contributed by atoms with Crippen LogP contribution in [0.2, 0.25) is 0 Å². The van der Waals surface area contributed by atoms with Gasteiger partial charge in [-0.05, 0) is 57.4 Å². The molecule has 1 fully saturated rings. The van der Waals surface area contributed by atoms with Gasteiger partial charge in [-0.2, -0.15) is 0 Å². The molecule has 0 spiro atoms. The molecule has 28 heavy (non-hydrogen) atoms. The summed E-state index contributed by atoms with van der Waals surface area (Å²) in [6.45, 7) is 8.35. The van der Waals surface area contributed by atoms with E-state index in [-0.39, 0.29) is 12.3 Å². The SMILES string of the molecule is Cc1cc(C)c2onc(CC(=O)Nc3ncc(CN4CCCCC4C)s3)c2c1. The minimum atomic E-state index is -0.124. The molecule has 3 heterocycles. The van der Waals surface area contributed by atoms with Gasteiger partial charge in [-0.1, -0.05) is 17.6 Å². The summed E-state index contributed by atoms with van der Waals surface area (Å²) in [7, 11) is 0. The summed E-state index contributed by atoms with van der Waals surface area (Å²) in [6, 6.07) is 4.68. The topological polar surface area (TPSA) is 71.3 Å².